The summed E-state index contributed by atoms with van der Waals surface area (Å²) >= 11 is 0. The van der Waals surface area contributed by atoms with E-state index in [4.69, 9.17) is 15.2 Å². The van der Waals surface area contributed by atoms with Gasteiger partial charge in [0.2, 0.25) is 5.91 Å². The van der Waals surface area contributed by atoms with E-state index in [1.165, 1.54) is 0 Å². The van der Waals surface area contributed by atoms with Gasteiger partial charge in [-0.25, -0.2) is 4.79 Å². The van der Waals surface area contributed by atoms with Gasteiger partial charge in [-0.2, -0.15) is 0 Å². The quantitative estimate of drug-likeness (QED) is 0.625. The minimum Gasteiger partial charge on any atom is -0.464 e. The van der Waals surface area contributed by atoms with Crippen molar-refractivity contribution in [2.24, 2.45) is 17.6 Å². The summed E-state index contributed by atoms with van der Waals surface area (Å²) in [6.07, 6.45) is 1.51. The van der Waals surface area contributed by atoms with E-state index >= 15 is 0 Å². The molecule has 1 aliphatic heterocycles. The molecule has 0 aromatic heterocycles. The number of cyclic esters (lactones) is 1. The molecule has 2 unspecified atom stereocenters. The topological polar surface area (TPSA) is 90.7 Å². The number of nitrogens with one attached hydrogen (secondary N) is 1. The number of nitrogens with two attached hydrogens (primary N) is 1. The van der Waals surface area contributed by atoms with Crippen LogP contribution < -0.4 is 11.1 Å². The summed E-state index contributed by atoms with van der Waals surface area (Å²) in [5.74, 6) is 0.0283. The lowest BCUT2D eigenvalue weighted by Crippen LogP contribution is -2.46. The summed E-state index contributed by atoms with van der Waals surface area (Å²) in [7, 11) is 0. The fourth-order valence-electron chi connectivity index (χ4n) is 2.26. The number of amides is 1. The van der Waals surface area contributed by atoms with Gasteiger partial charge in [-0.1, -0.05) is 34.1 Å². The fourth-order valence-corrected chi connectivity index (χ4v) is 2.26. The molecule has 1 rings (SSSR count). The van der Waals surface area contributed by atoms with Crippen molar-refractivity contribution in [1.82, 2.24) is 5.32 Å². The van der Waals surface area contributed by atoms with Crippen LogP contribution >= 0.6 is 0 Å². The molecule has 4 atom stereocenters. The Labute approximate surface area is 133 Å². The van der Waals surface area contributed by atoms with E-state index in [2.05, 4.69) is 19.2 Å². The summed E-state index contributed by atoms with van der Waals surface area (Å²) in [5.41, 5.74) is 6.06. The zero-order chi connectivity index (χ0) is 16.7. The largest absolute Gasteiger partial charge is 0.464 e. The average Bonchev–Trinajstić information content (AvgIpc) is 2.86. The molecule has 1 aliphatic rings. The summed E-state index contributed by atoms with van der Waals surface area (Å²) in [4.78, 5) is 23.8. The molecule has 1 heterocycles. The summed E-state index contributed by atoms with van der Waals surface area (Å²) < 4.78 is 10.6. The van der Waals surface area contributed by atoms with Crippen LogP contribution in [-0.2, 0) is 19.1 Å². The van der Waals surface area contributed by atoms with Crippen molar-refractivity contribution in [1.29, 1.82) is 0 Å². The molecule has 0 radical (unpaired) electrons. The predicted octanol–water partition coefficient (Wildman–Crippen LogP) is 1.22. The molecule has 3 N–H and O–H groups in total. The second-order valence-corrected chi connectivity index (χ2v) is 6.52. The van der Waals surface area contributed by atoms with Crippen molar-refractivity contribution in [2.45, 2.75) is 65.1 Å². The SMILES string of the molecule is CC[C@H](C)C(N)COC(CC(C)C)C(=O)N[C@H]1CCOC1=O. The van der Waals surface area contributed by atoms with Crippen LogP contribution in [0, 0.1) is 11.8 Å². The lowest BCUT2D eigenvalue weighted by molar-refractivity contribution is -0.144. The average molecular weight is 314 g/mol. The van der Waals surface area contributed by atoms with Gasteiger partial charge in [-0.3, -0.25) is 4.79 Å². The molecule has 22 heavy (non-hydrogen) atoms. The summed E-state index contributed by atoms with van der Waals surface area (Å²) in [6.45, 7) is 8.91. The van der Waals surface area contributed by atoms with E-state index in [-0.39, 0.29) is 17.9 Å². The molecule has 1 amide bonds. The van der Waals surface area contributed by atoms with Gasteiger partial charge in [0.25, 0.3) is 0 Å². The smallest absolute Gasteiger partial charge is 0.328 e. The molecule has 0 saturated carbocycles. The number of hydrogen-bond donors (Lipinski definition) is 2. The van der Waals surface area contributed by atoms with Crippen molar-refractivity contribution in [3.63, 3.8) is 0 Å². The molecule has 0 bridgehead atoms. The third-order valence-corrected chi connectivity index (χ3v) is 4.09. The van der Waals surface area contributed by atoms with E-state index in [1.54, 1.807) is 0 Å². The summed E-state index contributed by atoms with van der Waals surface area (Å²) in [6, 6.07) is -0.641. The zero-order valence-electron chi connectivity index (χ0n) is 14.1. The normalized spacial score (nSPS) is 22.3. The minimum absolute atomic E-state index is 0.0936. The van der Waals surface area contributed by atoms with Gasteiger partial charge in [0.05, 0.1) is 13.2 Å². The highest BCUT2D eigenvalue weighted by molar-refractivity contribution is 5.87. The van der Waals surface area contributed by atoms with Crippen LogP contribution in [0.25, 0.3) is 0 Å². The van der Waals surface area contributed by atoms with Gasteiger partial charge in [-0.05, 0) is 18.3 Å². The molecule has 6 heteroatoms. The van der Waals surface area contributed by atoms with Gasteiger partial charge in [-0.15, -0.1) is 0 Å². The molecule has 0 aromatic carbocycles. The molecule has 128 valence electrons. The molecule has 6 nitrogen and oxygen atoms in total. The first-order chi connectivity index (χ1) is 10.3. The van der Waals surface area contributed by atoms with Crippen LogP contribution in [0.5, 0.6) is 0 Å². The van der Waals surface area contributed by atoms with Gasteiger partial charge in [0.15, 0.2) is 0 Å². The highest BCUT2D eigenvalue weighted by Crippen LogP contribution is 2.13. The second kappa shape index (κ2) is 9.10. The zero-order valence-corrected chi connectivity index (χ0v) is 14.1. The maximum Gasteiger partial charge on any atom is 0.328 e. The van der Waals surface area contributed by atoms with Gasteiger partial charge in [0.1, 0.15) is 12.1 Å². The molecular formula is C16H30N2O4. The van der Waals surface area contributed by atoms with Gasteiger partial charge in [0, 0.05) is 12.5 Å². The molecule has 1 saturated heterocycles. The first-order valence-electron chi connectivity index (χ1n) is 8.19. The number of carbonyl (C=O) groups is 2. The number of rotatable bonds is 9. The number of esters is 1. The molecule has 1 fully saturated rings. The third kappa shape index (κ3) is 5.93. The van der Waals surface area contributed by atoms with E-state index in [1.807, 2.05) is 13.8 Å². The van der Waals surface area contributed by atoms with Crippen LogP contribution in [0.15, 0.2) is 0 Å². The van der Waals surface area contributed by atoms with Gasteiger partial charge >= 0.3 is 5.97 Å². The van der Waals surface area contributed by atoms with Crippen LogP contribution in [0.4, 0.5) is 0 Å². The number of carbonyl (C=O) groups excluding carboxylic acids is 2. The van der Waals surface area contributed by atoms with E-state index in [0.717, 1.165) is 6.42 Å². The Kier molecular flexibility index (Phi) is 7.82. The molecule has 0 aromatic rings. The van der Waals surface area contributed by atoms with Crippen molar-refractivity contribution in [3.8, 4) is 0 Å². The van der Waals surface area contributed by atoms with Crippen LogP contribution in [0.1, 0.15) is 47.0 Å². The molecule has 0 spiro atoms. The predicted molar refractivity (Wildman–Crippen MR) is 84.1 cm³/mol. The first-order valence-corrected chi connectivity index (χ1v) is 8.19. The van der Waals surface area contributed by atoms with Crippen LogP contribution in [0.3, 0.4) is 0 Å². The lowest BCUT2D eigenvalue weighted by Gasteiger charge is -2.24. The molecule has 0 aliphatic carbocycles. The minimum atomic E-state index is -0.580. The van der Waals surface area contributed by atoms with Crippen molar-refractivity contribution in [2.75, 3.05) is 13.2 Å². The maximum absolute atomic E-state index is 12.3. The Hall–Kier alpha value is -1.14. The standard InChI is InChI=1S/C16H30N2O4/c1-5-11(4)12(17)9-22-14(8-10(2)3)15(19)18-13-6-7-21-16(13)20/h10-14H,5-9,17H2,1-4H3,(H,18,19)/t11-,12?,13-,14?/m0/s1. The van der Waals surface area contributed by atoms with Gasteiger partial charge < -0.3 is 20.5 Å². The van der Waals surface area contributed by atoms with Crippen molar-refractivity contribution < 1.29 is 19.1 Å². The summed E-state index contributed by atoms with van der Waals surface area (Å²) in [5, 5.41) is 2.72. The number of ether oxygens (including phenoxy) is 2. The van der Waals surface area contributed by atoms with E-state index in [0.29, 0.717) is 37.9 Å². The Morgan fingerprint density at radius 3 is 2.64 bits per heavy atom. The van der Waals surface area contributed by atoms with E-state index in [9.17, 15) is 9.59 Å². The Balaban J connectivity index is 2.55. The Morgan fingerprint density at radius 1 is 1.45 bits per heavy atom. The Morgan fingerprint density at radius 2 is 2.14 bits per heavy atom. The van der Waals surface area contributed by atoms with Crippen molar-refractivity contribution >= 4 is 11.9 Å². The van der Waals surface area contributed by atoms with E-state index < -0.39 is 12.1 Å². The number of hydrogen-bond acceptors (Lipinski definition) is 5. The second-order valence-electron chi connectivity index (χ2n) is 6.52. The van der Waals surface area contributed by atoms with Crippen LogP contribution in [0.2, 0.25) is 0 Å². The lowest BCUT2D eigenvalue weighted by atomic mass is 10.0. The fraction of sp³-hybridized carbons (Fsp3) is 0.875. The highest BCUT2D eigenvalue weighted by atomic mass is 16.5. The monoisotopic (exact) mass is 314 g/mol. The van der Waals surface area contributed by atoms with Crippen LogP contribution in [-0.4, -0.2) is 43.3 Å². The van der Waals surface area contributed by atoms with Crippen molar-refractivity contribution in [3.05, 3.63) is 0 Å². The Bertz CT molecular complexity index is 373. The maximum atomic E-state index is 12.3. The first kappa shape index (κ1) is 18.9. The molecular weight excluding hydrogens is 284 g/mol. The third-order valence-electron chi connectivity index (χ3n) is 4.09. The highest BCUT2D eigenvalue weighted by Gasteiger charge is 2.31.